The maximum absolute atomic E-state index is 13.2. The van der Waals surface area contributed by atoms with Crippen LogP contribution in [0.5, 0.6) is 0 Å². The molecule has 1 aliphatic heterocycles. The molecule has 0 spiro atoms. The van der Waals surface area contributed by atoms with E-state index in [0.717, 1.165) is 5.56 Å². The summed E-state index contributed by atoms with van der Waals surface area (Å²) in [7, 11) is 1.57. The van der Waals surface area contributed by atoms with Gasteiger partial charge in [-0.25, -0.2) is 0 Å². The zero-order valence-corrected chi connectivity index (χ0v) is 14.8. The number of hydrogen-bond acceptors (Lipinski definition) is 4. The molecule has 0 fully saturated rings. The lowest BCUT2D eigenvalue weighted by Gasteiger charge is -2.24. The van der Waals surface area contributed by atoms with Gasteiger partial charge in [0.05, 0.1) is 23.6 Å². The van der Waals surface area contributed by atoms with E-state index < -0.39 is 6.04 Å². The lowest BCUT2D eigenvalue weighted by atomic mass is 9.98. The quantitative estimate of drug-likeness (QED) is 0.704. The van der Waals surface area contributed by atoms with Crippen molar-refractivity contribution in [3.05, 3.63) is 80.7 Å². The number of benzene rings is 2. The Morgan fingerprint density at radius 1 is 1.15 bits per heavy atom. The maximum Gasteiger partial charge on any atom is 0.290 e. The van der Waals surface area contributed by atoms with Crippen LogP contribution in [0, 0.1) is 0 Å². The number of halogens is 1. The molecular formula is C20H16ClNO4. The molecule has 5 nitrogen and oxygen atoms in total. The average Bonchev–Trinajstić information content (AvgIpc) is 2.93. The minimum Gasteiger partial charge on any atom is -0.450 e. The predicted octanol–water partition coefficient (Wildman–Crippen LogP) is 3.64. The fourth-order valence-corrected chi connectivity index (χ4v) is 3.61. The van der Waals surface area contributed by atoms with Crippen LogP contribution in [0.15, 0.2) is 57.7 Å². The van der Waals surface area contributed by atoms with E-state index in [2.05, 4.69) is 0 Å². The minimum atomic E-state index is -0.549. The van der Waals surface area contributed by atoms with Crippen LogP contribution in [0.3, 0.4) is 0 Å². The highest BCUT2D eigenvalue weighted by atomic mass is 35.5. The lowest BCUT2D eigenvalue weighted by Crippen LogP contribution is -2.32. The van der Waals surface area contributed by atoms with Crippen LogP contribution in [0.25, 0.3) is 11.0 Å². The Hall–Kier alpha value is -2.63. The molecule has 0 radical (unpaired) electrons. The molecule has 6 heteroatoms. The van der Waals surface area contributed by atoms with Crippen molar-refractivity contribution >= 4 is 28.5 Å². The van der Waals surface area contributed by atoms with Crippen LogP contribution in [-0.2, 0) is 4.74 Å². The predicted molar refractivity (Wildman–Crippen MR) is 98.7 cm³/mol. The molecule has 3 aromatic rings. The van der Waals surface area contributed by atoms with Gasteiger partial charge >= 0.3 is 0 Å². The van der Waals surface area contributed by atoms with Crippen LogP contribution < -0.4 is 5.43 Å². The first-order chi connectivity index (χ1) is 12.6. The number of rotatable bonds is 4. The summed E-state index contributed by atoms with van der Waals surface area (Å²) in [5.74, 6) is -0.223. The highest BCUT2D eigenvalue weighted by Crippen LogP contribution is 2.38. The molecule has 0 N–H and O–H groups in total. The molecule has 4 rings (SSSR count). The monoisotopic (exact) mass is 369 g/mol. The summed E-state index contributed by atoms with van der Waals surface area (Å²) in [5, 5.41) is 1.000. The van der Waals surface area contributed by atoms with Gasteiger partial charge in [0.15, 0.2) is 5.43 Å². The number of methoxy groups -OCH3 is 1. The number of amides is 1. The van der Waals surface area contributed by atoms with Crippen LogP contribution in [0.2, 0.25) is 5.02 Å². The van der Waals surface area contributed by atoms with E-state index in [0.29, 0.717) is 34.7 Å². The zero-order valence-electron chi connectivity index (χ0n) is 14.1. The number of nitrogens with zero attached hydrogens (tertiary/aromatic N) is 1. The summed E-state index contributed by atoms with van der Waals surface area (Å²) in [4.78, 5) is 27.7. The molecule has 2 heterocycles. The fraction of sp³-hybridized carbons (Fsp3) is 0.200. The summed E-state index contributed by atoms with van der Waals surface area (Å²) >= 11 is 6.14. The van der Waals surface area contributed by atoms with Crippen molar-refractivity contribution in [2.45, 2.75) is 6.04 Å². The number of carbonyl (C=O) groups excluding carboxylic acids is 1. The smallest absolute Gasteiger partial charge is 0.290 e. The van der Waals surface area contributed by atoms with Crippen molar-refractivity contribution < 1.29 is 13.9 Å². The Kier molecular flexibility index (Phi) is 4.26. The number of carbonyl (C=O) groups is 1. The molecule has 1 amide bonds. The molecular weight excluding hydrogens is 354 g/mol. The van der Waals surface area contributed by atoms with Gasteiger partial charge < -0.3 is 14.1 Å². The summed E-state index contributed by atoms with van der Waals surface area (Å²) < 4.78 is 11.0. The van der Waals surface area contributed by atoms with Crippen molar-refractivity contribution in [3.63, 3.8) is 0 Å². The Morgan fingerprint density at radius 3 is 2.73 bits per heavy atom. The SMILES string of the molecule is COCCN1C(=O)c2oc3ccccc3c(=O)c2[C@@H]1c1cccc(Cl)c1. The molecule has 0 aliphatic carbocycles. The molecule has 2 aromatic carbocycles. The normalized spacial score (nSPS) is 16.3. The molecule has 0 bridgehead atoms. The van der Waals surface area contributed by atoms with Crippen molar-refractivity contribution in [1.29, 1.82) is 0 Å². The minimum absolute atomic E-state index is 0.0924. The number of hydrogen-bond donors (Lipinski definition) is 0. The standard InChI is InChI=1S/C20H16ClNO4/c1-25-10-9-22-17(12-5-4-6-13(21)11-12)16-18(23)14-7-2-3-8-15(14)26-19(16)20(22)24/h2-8,11,17H,9-10H2,1H3/t17-/m0/s1. The number of para-hydroxylation sites is 1. The second-order valence-corrected chi connectivity index (χ2v) is 6.56. The van der Waals surface area contributed by atoms with E-state index in [4.69, 9.17) is 20.8 Å². The summed E-state index contributed by atoms with van der Waals surface area (Å²) in [6.45, 7) is 0.691. The van der Waals surface area contributed by atoms with Crippen molar-refractivity contribution in [1.82, 2.24) is 4.90 Å². The van der Waals surface area contributed by atoms with E-state index >= 15 is 0 Å². The van der Waals surface area contributed by atoms with Crippen molar-refractivity contribution in [2.24, 2.45) is 0 Å². The molecule has 0 unspecified atom stereocenters. The van der Waals surface area contributed by atoms with Crippen molar-refractivity contribution in [2.75, 3.05) is 20.3 Å². The summed E-state index contributed by atoms with van der Waals surface area (Å²) in [5.41, 5.74) is 1.33. The zero-order chi connectivity index (χ0) is 18.3. The van der Waals surface area contributed by atoms with Crippen LogP contribution in [0.1, 0.15) is 27.7 Å². The molecule has 1 aromatic heterocycles. The van der Waals surface area contributed by atoms with Gasteiger partial charge in [-0.2, -0.15) is 0 Å². The van der Waals surface area contributed by atoms with Gasteiger partial charge in [0, 0.05) is 18.7 Å². The fourth-order valence-electron chi connectivity index (χ4n) is 3.41. The van der Waals surface area contributed by atoms with E-state index in [-0.39, 0.29) is 17.1 Å². The maximum atomic E-state index is 13.2. The van der Waals surface area contributed by atoms with E-state index in [9.17, 15) is 9.59 Å². The summed E-state index contributed by atoms with van der Waals surface area (Å²) in [6, 6.07) is 13.6. The summed E-state index contributed by atoms with van der Waals surface area (Å²) in [6.07, 6.45) is 0. The van der Waals surface area contributed by atoms with Gasteiger partial charge in [0.1, 0.15) is 5.58 Å². The third-order valence-corrected chi connectivity index (χ3v) is 4.81. The second kappa shape index (κ2) is 6.59. The highest BCUT2D eigenvalue weighted by Gasteiger charge is 2.42. The first-order valence-corrected chi connectivity index (χ1v) is 8.60. The first-order valence-electron chi connectivity index (χ1n) is 8.23. The average molecular weight is 370 g/mol. The third-order valence-electron chi connectivity index (χ3n) is 4.57. The Morgan fingerprint density at radius 2 is 1.96 bits per heavy atom. The third kappa shape index (κ3) is 2.60. The highest BCUT2D eigenvalue weighted by molar-refractivity contribution is 6.30. The molecule has 0 saturated carbocycles. The largest absolute Gasteiger partial charge is 0.450 e. The second-order valence-electron chi connectivity index (χ2n) is 6.12. The Bertz CT molecular complexity index is 1060. The molecule has 132 valence electrons. The lowest BCUT2D eigenvalue weighted by molar-refractivity contribution is 0.0663. The van der Waals surface area contributed by atoms with Crippen LogP contribution in [-0.4, -0.2) is 31.1 Å². The van der Waals surface area contributed by atoms with E-state index in [1.165, 1.54) is 0 Å². The van der Waals surface area contributed by atoms with E-state index in [1.54, 1.807) is 54.5 Å². The molecule has 1 aliphatic rings. The first kappa shape index (κ1) is 16.8. The Balaban J connectivity index is 1.97. The molecule has 1 atom stereocenters. The number of ether oxygens (including phenoxy) is 1. The van der Waals surface area contributed by atoms with Crippen LogP contribution in [0.4, 0.5) is 0 Å². The van der Waals surface area contributed by atoms with Crippen LogP contribution >= 0.6 is 11.6 Å². The molecule has 0 saturated heterocycles. The van der Waals surface area contributed by atoms with Gasteiger partial charge in [-0.15, -0.1) is 0 Å². The van der Waals surface area contributed by atoms with Gasteiger partial charge in [-0.3, -0.25) is 9.59 Å². The topological polar surface area (TPSA) is 59.8 Å². The molecule has 26 heavy (non-hydrogen) atoms. The number of fused-ring (bicyclic) bond motifs is 2. The van der Waals surface area contributed by atoms with Gasteiger partial charge in [0.25, 0.3) is 5.91 Å². The van der Waals surface area contributed by atoms with E-state index in [1.807, 2.05) is 6.07 Å². The van der Waals surface area contributed by atoms with Crippen molar-refractivity contribution in [3.8, 4) is 0 Å². The van der Waals surface area contributed by atoms with Gasteiger partial charge in [-0.1, -0.05) is 35.9 Å². The Labute approximate surface area is 154 Å². The van der Waals surface area contributed by atoms with Gasteiger partial charge in [-0.05, 0) is 29.8 Å². The van der Waals surface area contributed by atoms with Gasteiger partial charge in [0.2, 0.25) is 5.76 Å².